The molecule has 26 heavy (non-hydrogen) atoms. The van der Waals surface area contributed by atoms with E-state index in [1.165, 1.54) is 6.08 Å². The van der Waals surface area contributed by atoms with Gasteiger partial charge in [-0.3, -0.25) is 0 Å². The van der Waals surface area contributed by atoms with Crippen LogP contribution in [-0.2, 0) is 6.54 Å². The van der Waals surface area contributed by atoms with E-state index in [4.69, 9.17) is 5.41 Å². The van der Waals surface area contributed by atoms with E-state index in [1.807, 2.05) is 35.2 Å². The zero-order valence-electron chi connectivity index (χ0n) is 13.9. The average Bonchev–Trinajstić information content (AvgIpc) is 3.26. The van der Waals surface area contributed by atoms with Crippen LogP contribution in [0.1, 0.15) is 0 Å². The Morgan fingerprint density at radius 2 is 2.15 bits per heavy atom. The molecule has 0 amide bonds. The van der Waals surface area contributed by atoms with Crippen LogP contribution in [0, 0.1) is 5.41 Å². The lowest BCUT2D eigenvalue weighted by Gasteiger charge is -2.07. The predicted molar refractivity (Wildman–Crippen MR) is 101 cm³/mol. The number of hydrogen-bond donors (Lipinski definition) is 3. The highest BCUT2D eigenvalue weighted by atomic mass is 16.3. The number of allylic oxidation sites excluding steroid dienone is 3. The molecule has 0 atom stereocenters. The van der Waals surface area contributed by atoms with Crippen molar-refractivity contribution in [1.82, 2.24) is 19.2 Å². The molecule has 3 N–H and O–H groups in total. The molecular formula is C18H17N7O. The van der Waals surface area contributed by atoms with Gasteiger partial charge in [-0.15, -0.1) is 5.10 Å². The Balaban J connectivity index is 1.67. The summed E-state index contributed by atoms with van der Waals surface area (Å²) in [6.45, 7) is 1.40. The van der Waals surface area contributed by atoms with Crippen LogP contribution < -0.4 is 5.32 Å². The van der Waals surface area contributed by atoms with Gasteiger partial charge in [0, 0.05) is 37.8 Å². The Labute approximate surface area is 149 Å². The van der Waals surface area contributed by atoms with E-state index in [1.54, 1.807) is 29.2 Å². The molecular weight excluding hydrogens is 330 g/mol. The van der Waals surface area contributed by atoms with Crippen LogP contribution in [0.2, 0.25) is 0 Å². The third-order valence-electron chi connectivity index (χ3n) is 3.94. The van der Waals surface area contributed by atoms with Gasteiger partial charge in [-0.05, 0) is 24.3 Å². The normalized spacial score (nSPS) is 15.6. The van der Waals surface area contributed by atoms with E-state index < -0.39 is 0 Å². The number of aliphatic hydroxyl groups is 1. The minimum absolute atomic E-state index is 0.0304. The van der Waals surface area contributed by atoms with Gasteiger partial charge in [0.15, 0.2) is 5.82 Å². The number of nitrogens with one attached hydrogen (secondary N) is 2. The van der Waals surface area contributed by atoms with Gasteiger partial charge in [-0.2, -0.15) is 0 Å². The summed E-state index contributed by atoms with van der Waals surface area (Å²) in [5.74, 6) is 0.600. The number of pyridine rings is 1. The number of hydrogen-bond acceptors (Lipinski definition) is 6. The standard InChI is InChI=1S/C18H17N7O/c19-13-4-5-14(16(26)11-13)22-17-15-3-1-2-8-25(15)23-18(17)21-7-10-24-9-6-20-12-24/h1-6,8-9,11-12,19,26H,7,10H2,(H,21,23)/b19-13?,22-14+. The second-order valence-corrected chi connectivity index (χ2v) is 5.77. The van der Waals surface area contributed by atoms with Crippen molar-refractivity contribution < 1.29 is 5.11 Å². The molecule has 4 rings (SSSR count). The zero-order valence-corrected chi connectivity index (χ0v) is 13.9. The summed E-state index contributed by atoms with van der Waals surface area (Å²) in [6.07, 6.45) is 11.8. The summed E-state index contributed by atoms with van der Waals surface area (Å²) in [4.78, 5) is 8.61. The van der Waals surface area contributed by atoms with Crippen molar-refractivity contribution in [2.75, 3.05) is 11.9 Å². The van der Waals surface area contributed by atoms with E-state index in [9.17, 15) is 5.11 Å². The van der Waals surface area contributed by atoms with Gasteiger partial charge in [0.1, 0.15) is 17.2 Å². The molecule has 3 aromatic heterocycles. The van der Waals surface area contributed by atoms with Gasteiger partial charge >= 0.3 is 0 Å². The van der Waals surface area contributed by atoms with Crippen LogP contribution in [0.15, 0.2) is 72.1 Å². The van der Waals surface area contributed by atoms with Crippen molar-refractivity contribution >= 4 is 28.4 Å². The summed E-state index contributed by atoms with van der Waals surface area (Å²) in [6, 6.07) is 5.73. The summed E-state index contributed by atoms with van der Waals surface area (Å²) >= 11 is 0. The third kappa shape index (κ3) is 3.12. The molecule has 1 aliphatic carbocycles. The number of aliphatic imine (C=N–C) groups is 1. The second kappa shape index (κ2) is 6.67. The Hall–Kier alpha value is -3.68. The molecule has 0 bridgehead atoms. The van der Waals surface area contributed by atoms with Crippen molar-refractivity contribution in [1.29, 1.82) is 5.41 Å². The maximum atomic E-state index is 10.1. The number of aliphatic hydroxyl groups excluding tert-OH is 1. The van der Waals surface area contributed by atoms with Crippen LogP contribution >= 0.6 is 0 Å². The topological polar surface area (TPSA) is 104 Å². The molecule has 0 saturated carbocycles. The number of rotatable bonds is 5. The van der Waals surface area contributed by atoms with Crippen molar-refractivity contribution in [3.8, 4) is 0 Å². The van der Waals surface area contributed by atoms with Crippen molar-refractivity contribution in [3.63, 3.8) is 0 Å². The number of nitrogens with zero attached hydrogens (tertiary/aromatic N) is 5. The summed E-state index contributed by atoms with van der Waals surface area (Å²) in [5.41, 5.74) is 2.11. The predicted octanol–water partition coefficient (Wildman–Crippen LogP) is 2.75. The van der Waals surface area contributed by atoms with E-state index >= 15 is 0 Å². The van der Waals surface area contributed by atoms with Gasteiger partial charge in [0.25, 0.3) is 0 Å². The molecule has 130 valence electrons. The molecule has 8 heteroatoms. The molecule has 0 saturated heterocycles. The van der Waals surface area contributed by atoms with Gasteiger partial charge in [0.05, 0.1) is 17.6 Å². The van der Waals surface area contributed by atoms with Crippen LogP contribution in [0.4, 0.5) is 11.5 Å². The van der Waals surface area contributed by atoms with Gasteiger partial charge in [0.2, 0.25) is 0 Å². The number of imidazole rings is 1. The first-order chi connectivity index (χ1) is 12.7. The van der Waals surface area contributed by atoms with E-state index in [0.29, 0.717) is 23.8 Å². The van der Waals surface area contributed by atoms with Gasteiger partial charge in [-0.1, -0.05) is 6.07 Å². The Bertz CT molecular complexity index is 1040. The quantitative estimate of drug-likeness (QED) is 0.617. The minimum atomic E-state index is -0.0304. The molecule has 1 aliphatic rings. The lowest BCUT2D eigenvalue weighted by atomic mass is 10.1. The van der Waals surface area contributed by atoms with Gasteiger partial charge < -0.3 is 20.4 Å². The largest absolute Gasteiger partial charge is 0.506 e. The number of anilines is 1. The van der Waals surface area contributed by atoms with E-state index in [0.717, 1.165) is 12.1 Å². The number of aromatic nitrogens is 4. The highest BCUT2D eigenvalue weighted by Crippen LogP contribution is 2.30. The molecule has 0 spiro atoms. The van der Waals surface area contributed by atoms with Crippen LogP contribution in [0.5, 0.6) is 0 Å². The van der Waals surface area contributed by atoms with E-state index in [-0.39, 0.29) is 11.5 Å². The summed E-state index contributed by atoms with van der Waals surface area (Å²) < 4.78 is 3.71. The molecule has 3 aromatic rings. The third-order valence-corrected chi connectivity index (χ3v) is 3.94. The Morgan fingerprint density at radius 3 is 2.96 bits per heavy atom. The lowest BCUT2D eigenvalue weighted by Crippen LogP contribution is -2.10. The SMILES string of the molecule is N=C1C=C/C(=N\c2c(NCCn3ccnc3)nn3ccccc23)C(O)=C1. The maximum absolute atomic E-state index is 10.1. The second-order valence-electron chi connectivity index (χ2n) is 5.77. The van der Waals surface area contributed by atoms with Crippen molar-refractivity contribution in [2.45, 2.75) is 6.54 Å². The fraction of sp³-hybridized carbons (Fsp3) is 0.111. The maximum Gasteiger partial charge on any atom is 0.175 e. The first kappa shape index (κ1) is 15.8. The zero-order chi connectivity index (χ0) is 17.9. The summed E-state index contributed by atoms with van der Waals surface area (Å²) in [7, 11) is 0. The first-order valence-corrected chi connectivity index (χ1v) is 8.14. The average molecular weight is 347 g/mol. The monoisotopic (exact) mass is 347 g/mol. The van der Waals surface area contributed by atoms with Crippen LogP contribution in [0.25, 0.3) is 5.52 Å². The molecule has 0 aromatic carbocycles. The molecule has 8 nitrogen and oxygen atoms in total. The molecule has 0 unspecified atom stereocenters. The van der Waals surface area contributed by atoms with Gasteiger partial charge in [-0.25, -0.2) is 14.5 Å². The molecule has 0 fully saturated rings. The lowest BCUT2D eigenvalue weighted by molar-refractivity contribution is 0.444. The van der Waals surface area contributed by atoms with Crippen molar-refractivity contribution in [2.24, 2.45) is 4.99 Å². The highest BCUT2D eigenvalue weighted by Gasteiger charge is 2.15. The fourth-order valence-corrected chi connectivity index (χ4v) is 2.68. The fourth-order valence-electron chi connectivity index (χ4n) is 2.68. The number of fused-ring (bicyclic) bond motifs is 1. The summed E-state index contributed by atoms with van der Waals surface area (Å²) in [5, 5.41) is 25.5. The van der Waals surface area contributed by atoms with Crippen molar-refractivity contribution in [3.05, 3.63) is 67.1 Å². The Morgan fingerprint density at radius 1 is 1.23 bits per heavy atom. The first-order valence-electron chi connectivity index (χ1n) is 8.14. The van der Waals surface area contributed by atoms with Crippen LogP contribution in [0.3, 0.4) is 0 Å². The smallest absolute Gasteiger partial charge is 0.175 e. The Kier molecular flexibility index (Phi) is 4.06. The highest BCUT2D eigenvalue weighted by molar-refractivity contribution is 6.20. The molecule has 0 aliphatic heterocycles. The van der Waals surface area contributed by atoms with Crippen LogP contribution in [-0.4, -0.2) is 42.2 Å². The molecule has 0 radical (unpaired) electrons. The molecule has 3 heterocycles. The minimum Gasteiger partial charge on any atom is -0.506 e. The van der Waals surface area contributed by atoms with E-state index in [2.05, 4.69) is 20.4 Å².